The van der Waals surface area contributed by atoms with E-state index in [2.05, 4.69) is 4.99 Å². The van der Waals surface area contributed by atoms with Gasteiger partial charge in [-0.1, -0.05) is 6.42 Å². The van der Waals surface area contributed by atoms with Crippen LogP contribution in [0.25, 0.3) is 0 Å². The molecule has 0 amide bonds. The molecule has 2 heteroatoms. The highest BCUT2D eigenvalue weighted by Gasteiger charge is 2.57. The quantitative estimate of drug-likeness (QED) is 0.381. The van der Waals surface area contributed by atoms with Gasteiger partial charge in [-0.2, -0.15) is 4.99 Å². The second-order valence-corrected chi connectivity index (χ2v) is 3.10. The predicted molar refractivity (Wildman–Crippen MR) is 32.8 cm³/mol. The summed E-state index contributed by atoms with van der Waals surface area (Å²) in [7, 11) is 0. The molecule has 2 fully saturated rings. The zero-order chi connectivity index (χ0) is 6.32. The van der Waals surface area contributed by atoms with Gasteiger partial charge in [-0.3, -0.25) is 0 Å². The second-order valence-electron chi connectivity index (χ2n) is 3.10. The van der Waals surface area contributed by atoms with E-state index in [1.165, 1.54) is 12.8 Å². The number of fused-ring (bicyclic) bond motifs is 1. The first-order chi connectivity index (χ1) is 4.37. The molecule has 0 bridgehead atoms. The second kappa shape index (κ2) is 1.45. The van der Waals surface area contributed by atoms with Gasteiger partial charge in [0.05, 0.1) is 5.54 Å². The maximum Gasteiger partial charge on any atom is 0.235 e. The smallest absolute Gasteiger partial charge is 0.211 e. The van der Waals surface area contributed by atoms with E-state index < -0.39 is 0 Å². The lowest BCUT2D eigenvalue weighted by atomic mass is 10.2. The molecule has 0 spiro atoms. The molecule has 0 N–H and O–H groups in total. The van der Waals surface area contributed by atoms with Crippen molar-refractivity contribution >= 4 is 6.08 Å². The fourth-order valence-corrected chi connectivity index (χ4v) is 1.98. The minimum atomic E-state index is 0.113. The highest BCUT2D eigenvalue weighted by molar-refractivity contribution is 5.38. The Kier molecular flexibility index (Phi) is 0.837. The molecule has 0 aliphatic heterocycles. The van der Waals surface area contributed by atoms with Gasteiger partial charge >= 0.3 is 0 Å². The molecule has 0 aromatic carbocycles. The minimum absolute atomic E-state index is 0.113. The number of aliphatic imine (C=N–C) groups is 1. The highest BCUT2D eigenvalue weighted by atomic mass is 16.1. The molecule has 2 aliphatic rings. The standard InChI is InChI=1S/C7H9NO/c9-5-8-7-3-1-2-6(7)4-7/h6H,1-4H2. The zero-order valence-electron chi connectivity index (χ0n) is 5.26. The van der Waals surface area contributed by atoms with Crippen LogP contribution in [0, 0.1) is 5.92 Å². The normalized spacial score (nSPS) is 45.6. The fourth-order valence-electron chi connectivity index (χ4n) is 1.98. The van der Waals surface area contributed by atoms with Crippen molar-refractivity contribution < 1.29 is 4.79 Å². The van der Waals surface area contributed by atoms with Crippen molar-refractivity contribution in [3.05, 3.63) is 0 Å². The number of hydrogen-bond donors (Lipinski definition) is 0. The van der Waals surface area contributed by atoms with Gasteiger partial charge in [0, 0.05) is 0 Å². The predicted octanol–water partition coefficient (Wildman–Crippen LogP) is 1.26. The van der Waals surface area contributed by atoms with Gasteiger partial charge in [-0.05, 0) is 25.2 Å². The number of isocyanates is 1. The molecule has 2 rings (SSSR count). The number of nitrogens with zero attached hydrogens (tertiary/aromatic N) is 1. The first-order valence-electron chi connectivity index (χ1n) is 3.46. The third-order valence-electron chi connectivity index (χ3n) is 2.63. The van der Waals surface area contributed by atoms with Crippen molar-refractivity contribution in [3.8, 4) is 0 Å². The van der Waals surface area contributed by atoms with Crippen LogP contribution in [0.15, 0.2) is 4.99 Å². The van der Waals surface area contributed by atoms with Crippen LogP contribution in [0.2, 0.25) is 0 Å². The van der Waals surface area contributed by atoms with Crippen molar-refractivity contribution in [1.82, 2.24) is 0 Å². The van der Waals surface area contributed by atoms with Crippen molar-refractivity contribution in [3.63, 3.8) is 0 Å². The molecule has 0 aromatic heterocycles. The molecule has 0 saturated heterocycles. The van der Waals surface area contributed by atoms with Crippen LogP contribution in [-0.2, 0) is 4.79 Å². The molecule has 48 valence electrons. The lowest BCUT2D eigenvalue weighted by Crippen LogP contribution is -2.00. The first kappa shape index (κ1) is 5.19. The van der Waals surface area contributed by atoms with Crippen molar-refractivity contribution in [1.29, 1.82) is 0 Å². The van der Waals surface area contributed by atoms with Gasteiger partial charge < -0.3 is 0 Å². The molecule has 2 aliphatic carbocycles. The third kappa shape index (κ3) is 0.569. The van der Waals surface area contributed by atoms with Crippen LogP contribution < -0.4 is 0 Å². The number of carbonyl (C=O) groups excluding carboxylic acids is 1. The summed E-state index contributed by atoms with van der Waals surface area (Å²) in [6.07, 6.45) is 6.50. The average Bonchev–Trinajstić information content (AvgIpc) is 2.37. The summed E-state index contributed by atoms with van der Waals surface area (Å²) in [5, 5.41) is 0. The molecule has 9 heavy (non-hydrogen) atoms. The lowest BCUT2D eigenvalue weighted by Gasteiger charge is -1.97. The van der Waals surface area contributed by atoms with Crippen LogP contribution in [0.3, 0.4) is 0 Å². The van der Waals surface area contributed by atoms with Crippen LogP contribution in [-0.4, -0.2) is 11.6 Å². The Morgan fingerprint density at radius 1 is 1.67 bits per heavy atom. The molecule has 2 nitrogen and oxygen atoms in total. The van der Waals surface area contributed by atoms with Crippen LogP contribution in [0.4, 0.5) is 0 Å². The van der Waals surface area contributed by atoms with E-state index in [-0.39, 0.29) is 5.54 Å². The Morgan fingerprint density at radius 2 is 2.56 bits per heavy atom. The average molecular weight is 123 g/mol. The van der Waals surface area contributed by atoms with E-state index in [4.69, 9.17) is 0 Å². The van der Waals surface area contributed by atoms with E-state index in [9.17, 15) is 4.79 Å². The molecular formula is C7H9NO. The third-order valence-corrected chi connectivity index (χ3v) is 2.63. The Labute approximate surface area is 54.0 Å². The molecule has 2 unspecified atom stereocenters. The summed E-state index contributed by atoms with van der Waals surface area (Å²) < 4.78 is 0. The number of rotatable bonds is 1. The Hall–Kier alpha value is -0.620. The molecule has 2 saturated carbocycles. The SMILES string of the molecule is O=C=NC12CCCC1C2. The fraction of sp³-hybridized carbons (Fsp3) is 0.857. The van der Waals surface area contributed by atoms with Gasteiger partial charge in [0.1, 0.15) is 0 Å². The van der Waals surface area contributed by atoms with Crippen molar-refractivity contribution in [2.75, 3.05) is 0 Å². The van der Waals surface area contributed by atoms with E-state index in [1.807, 2.05) is 0 Å². The summed E-state index contributed by atoms with van der Waals surface area (Å²) in [5.41, 5.74) is 0.113. The molecule has 0 aromatic rings. The van der Waals surface area contributed by atoms with Crippen molar-refractivity contribution in [2.45, 2.75) is 31.2 Å². The molecule has 0 heterocycles. The summed E-state index contributed by atoms with van der Waals surface area (Å²) in [6, 6.07) is 0. The Bertz CT molecular complexity index is 183. The summed E-state index contributed by atoms with van der Waals surface area (Å²) in [6.45, 7) is 0. The van der Waals surface area contributed by atoms with E-state index in [1.54, 1.807) is 6.08 Å². The van der Waals surface area contributed by atoms with E-state index in [0.29, 0.717) is 0 Å². The van der Waals surface area contributed by atoms with Gasteiger partial charge in [0.15, 0.2) is 0 Å². The van der Waals surface area contributed by atoms with Crippen LogP contribution >= 0.6 is 0 Å². The largest absolute Gasteiger partial charge is 0.235 e. The van der Waals surface area contributed by atoms with Gasteiger partial charge in [0.25, 0.3) is 0 Å². The minimum Gasteiger partial charge on any atom is -0.211 e. The zero-order valence-corrected chi connectivity index (χ0v) is 5.26. The first-order valence-corrected chi connectivity index (χ1v) is 3.46. The maximum absolute atomic E-state index is 9.90. The van der Waals surface area contributed by atoms with E-state index in [0.717, 1.165) is 18.8 Å². The maximum atomic E-state index is 9.90. The van der Waals surface area contributed by atoms with Gasteiger partial charge in [-0.25, -0.2) is 4.79 Å². The summed E-state index contributed by atoms with van der Waals surface area (Å²) in [4.78, 5) is 13.7. The molecule has 0 radical (unpaired) electrons. The Balaban J connectivity index is 2.19. The van der Waals surface area contributed by atoms with Crippen LogP contribution in [0.5, 0.6) is 0 Å². The summed E-state index contributed by atoms with van der Waals surface area (Å²) >= 11 is 0. The molecule has 2 atom stereocenters. The lowest BCUT2D eigenvalue weighted by molar-refractivity contribution is 0.551. The van der Waals surface area contributed by atoms with Gasteiger partial charge in [0.2, 0.25) is 6.08 Å². The Morgan fingerprint density at radius 3 is 3.00 bits per heavy atom. The van der Waals surface area contributed by atoms with Crippen LogP contribution in [0.1, 0.15) is 25.7 Å². The van der Waals surface area contributed by atoms with E-state index >= 15 is 0 Å². The molecular weight excluding hydrogens is 114 g/mol. The topological polar surface area (TPSA) is 29.4 Å². The van der Waals surface area contributed by atoms with Gasteiger partial charge in [-0.15, -0.1) is 0 Å². The number of hydrogen-bond acceptors (Lipinski definition) is 2. The monoisotopic (exact) mass is 123 g/mol. The summed E-state index contributed by atoms with van der Waals surface area (Å²) in [5.74, 6) is 0.749. The highest BCUT2D eigenvalue weighted by Crippen LogP contribution is 2.58. The van der Waals surface area contributed by atoms with Crippen molar-refractivity contribution in [2.24, 2.45) is 10.9 Å².